The van der Waals surface area contributed by atoms with Crippen LogP contribution in [0.4, 0.5) is 0 Å². The van der Waals surface area contributed by atoms with Gasteiger partial charge in [0, 0.05) is 36.0 Å². The van der Waals surface area contributed by atoms with Crippen molar-refractivity contribution in [2.24, 2.45) is 11.3 Å². The minimum Gasteiger partial charge on any atom is -0.300 e. The Labute approximate surface area is 143 Å². The average molecular weight is 323 g/mol. The molecule has 0 N–H and O–H groups in total. The third-order valence-electron chi connectivity index (χ3n) is 6.34. The van der Waals surface area contributed by atoms with Crippen molar-refractivity contribution in [2.75, 3.05) is 26.2 Å². The van der Waals surface area contributed by atoms with Gasteiger partial charge in [-0.3, -0.25) is 9.69 Å². The normalized spacial score (nSPS) is 24.1. The zero-order valence-corrected chi connectivity index (χ0v) is 16.3. The van der Waals surface area contributed by atoms with Crippen molar-refractivity contribution in [1.29, 1.82) is 0 Å². The number of carbonyl (C=O) groups is 1. The molecule has 0 bridgehead atoms. The van der Waals surface area contributed by atoms with Crippen molar-refractivity contribution in [3.05, 3.63) is 0 Å². The van der Waals surface area contributed by atoms with Crippen LogP contribution in [0.1, 0.15) is 73.6 Å². The second-order valence-corrected chi connectivity index (χ2v) is 9.31. The summed E-state index contributed by atoms with van der Waals surface area (Å²) in [5.74, 6) is 0.766. The van der Waals surface area contributed by atoms with E-state index < -0.39 is 0 Å². The van der Waals surface area contributed by atoms with Gasteiger partial charge in [0.05, 0.1) is 0 Å². The molecule has 2 rings (SSSR count). The molecule has 0 amide bonds. The summed E-state index contributed by atoms with van der Waals surface area (Å²) < 4.78 is 0. The molecule has 0 saturated carbocycles. The summed E-state index contributed by atoms with van der Waals surface area (Å²) >= 11 is 0. The van der Waals surface area contributed by atoms with Crippen LogP contribution in [0.2, 0.25) is 0 Å². The van der Waals surface area contributed by atoms with E-state index in [1.54, 1.807) is 0 Å². The molecule has 0 aliphatic carbocycles. The highest BCUT2D eigenvalue weighted by molar-refractivity contribution is 5.86. The number of piperidine rings is 2. The van der Waals surface area contributed by atoms with Crippen LogP contribution in [0.5, 0.6) is 0 Å². The zero-order chi connectivity index (χ0) is 17.3. The van der Waals surface area contributed by atoms with E-state index >= 15 is 0 Å². The molecular weight excluding hydrogens is 284 g/mol. The third-order valence-corrected chi connectivity index (χ3v) is 6.34. The van der Waals surface area contributed by atoms with Gasteiger partial charge in [0.25, 0.3) is 0 Å². The lowest BCUT2D eigenvalue weighted by Gasteiger charge is -2.46. The minimum atomic E-state index is -0.177. The Kier molecular flexibility index (Phi) is 5.94. The number of ketones is 1. The lowest BCUT2D eigenvalue weighted by Crippen LogP contribution is -2.53. The summed E-state index contributed by atoms with van der Waals surface area (Å²) in [6, 6.07) is 0.740. The van der Waals surface area contributed by atoms with Crippen LogP contribution in [0.25, 0.3) is 0 Å². The van der Waals surface area contributed by atoms with Crippen LogP contribution in [-0.4, -0.2) is 53.3 Å². The second-order valence-electron chi connectivity index (χ2n) is 9.31. The summed E-state index contributed by atoms with van der Waals surface area (Å²) in [6.07, 6.45) is 5.94. The number of hydrogen-bond donors (Lipinski definition) is 0. The highest BCUT2D eigenvalue weighted by atomic mass is 16.1. The molecule has 2 heterocycles. The molecule has 134 valence electrons. The topological polar surface area (TPSA) is 23.6 Å². The van der Waals surface area contributed by atoms with Gasteiger partial charge in [-0.25, -0.2) is 0 Å². The standard InChI is InChI=1S/C20H38N2O/c1-7-20(5,6)22-14-10-17(11-15-22)21-12-8-16(9-13-21)18(23)19(2,3)4/h16-17H,7-15H2,1-6H3. The van der Waals surface area contributed by atoms with Gasteiger partial charge in [0.2, 0.25) is 0 Å². The van der Waals surface area contributed by atoms with Crippen LogP contribution in [0.3, 0.4) is 0 Å². The number of rotatable bonds is 4. The number of Topliss-reactive ketones (excluding diaryl/α,β-unsaturated/α-hetero) is 1. The Morgan fingerprint density at radius 2 is 1.43 bits per heavy atom. The van der Waals surface area contributed by atoms with Gasteiger partial charge in [-0.15, -0.1) is 0 Å². The summed E-state index contributed by atoms with van der Waals surface area (Å²) in [6.45, 7) is 17.9. The van der Waals surface area contributed by atoms with E-state index in [0.717, 1.165) is 32.0 Å². The molecule has 3 heteroatoms. The molecule has 0 aromatic carbocycles. The fourth-order valence-corrected chi connectivity index (χ4v) is 4.20. The van der Waals surface area contributed by atoms with Gasteiger partial charge in [0.15, 0.2) is 0 Å². The highest BCUT2D eigenvalue weighted by Crippen LogP contribution is 2.31. The lowest BCUT2D eigenvalue weighted by atomic mass is 9.78. The molecule has 3 nitrogen and oxygen atoms in total. The monoisotopic (exact) mass is 322 g/mol. The molecule has 2 aliphatic rings. The largest absolute Gasteiger partial charge is 0.300 e. The van der Waals surface area contributed by atoms with Gasteiger partial charge in [-0.1, -0.05) is 27.7 Å². The van der Waals surface area contributed by atoms with E-state index in [9.17, 15) is 4.79 Å². The van der Waals surface area contributed by atoms with Gasteiger partial charge in [-0.05, 0) is 59.0 Å². The number of hydrogen-bond acceptors (Lipinski definition) is 3. The van der Waals surface area contributed by atoms with Crippen molar-refractivity contribution in [2.45, 2.75) is 85.2 Å². The van der Waals surface area contributed by atoms with E-state index in [1.807, 2.05) is 0 Å². The molecule has 2 saturated heterocycles. The fourth-order valence-electron chi connectivity index (χ4n) is 4.20. The predicted octanol–water partition coefficient (Wildman–Crippen LogP) is 3.97. The summed E-state index contributed by atoms with van der Waals surface area (Å²) in [5, 5.41) is 0. The summed E-state index contributed by atoms with van der Waals surface area (Å²) in [7, 11) is 0. The maximum atomic E-state index is 12.5. The summed E-state index contributed by atoms with van der Waals surface area (Å²) in [4.78, 5) is 17.8. The first-order valence-electron chi connectivity index (χ1n) is 9.68. The van der Waals surface area contributed by atoms with Crippen molar-refractivity contribution in [3.8, 4) is 0 Å². The van der Waals surface area contributed by atoms with Gasteiger partial charge >= 0.3 is 0 Å². The van der Waals surface area contributed by atoms with E-state index in [1.165, 1.54) is 32.4 Å². The lowest BCUT2D eigenvalue weighted by molar-refractivity contribution is -0.132. The molecule has 23 heavy (non-hydrogen) atoms. The Morgan fingerprint density at radius 3 is 1.87 bits per heavy atom. The average Bonchev–Trinajstić information content (AvgIpc) is 2.53. The Hall–Kier alpha value is -0.410. The molecule has 2 fully saturated rings. The maximum absolute atomic E-state index is 12.5. The van der Waals surface area contributed by atoms with E-state index in [0.29, 0.717) is 17.2 Å². The quantitative estimate of drug-likeness (QED) is 0.782. The first-order valence-corrected chi connectivity index (χ1v) is 9.68. The molecule has 0 atom stereocenters. The highest BCUT2D eigenvalue weighted by Gasteiger charge is 2.36. The minimum absolute atomic E-state index is 0.177. The Morgan fingerprint density at radius 1 is 0.913 bits per heavy atom. The maximum Gasteiger partial charge on any atom is 0.141 e. The first kappa shape index (κ1) is 18.9. The number of likely N-dealkylation sites (tertiary alicyclic amines) is 2. The zero-order valence-electron chi connectivity index (χ0n) is 16.3. The van der Waals surface area contributed by atoms with Gasteiger partial charge in [-0.2, -0.15) is 0 Å². The van der Waals surface area contributed by atoms with Crippen LogP contribution in [-0.2, 0) is 4.79 Å². The number of nitrogens with zero attached hydrogens (tertiary/aromatic N) is 2. The van der Waals surface area contributed by atoms with Crippen LogP contribution in [0, 0.1) is 11.3 Å². The molecule has 2 aliphatic heterocycles. The van der Waals surface area contributed by atoms with Crippen molar-refractivity contribution in [1.82, 2.24) is 9.80 Å². The second kappa shape index (κ2) is 7.23. The van der Waals surface area contributed by atoms with Gasteiger partial charge in [0.1, 0.15) is 5.78 Å². The fraction of sp³-hybridized carbons (Fsp3) is 0.950. The Bertz CT molecular complexity index is 394. The van der Waals surface area contributed by atoms with E-state index in [-0.39, 0.29) is 5.41 Å². The van der Waals surface area contributed by atoms with Crippen LogP contribution >= 0.6 is 0 Å². The number of carbonyl (C=O) groups excluding carboxylic acids is 1. The van der Waals surface area contributed by atoms with Crippen molar-refractivity contribution in [3.63, 3.8) is 0 Å². The molecule has 0 radical (unpaired) electrons. The van der Waals surface area contributed by atoms with E-state index in [2.05, 4.69) is 51.3 Å². The third kappa shape index (κ3) is 4.57. The smallest absolute Gasteiger partial charge is 0.141 e. The van der Waals surface area contributed by atoms with Crippen molar-refractivity contribution < 1.29 is 4.79 Å². The predicted molar refractivity (Wildman–Crippen MR) is 97.7 cm³/mol. The molecular formula is C20H38N2O. The van der Waals surface area contributed by atoms with Crippen LogP contribution < -0.4 is 0 Å². The Balaban J connectivity index is 1.80. The SMILES string of the molecule is CCC(C)(C)N1CCC(N2CCC(C(=O)C(C)(C)C)CC2)CC1. The molecule has 0 aromatic rings. The van der Waals surface area contributed by atoms with Gasteiger partial charge < -0.3 is 4.90 Å². The van der Waals surface area contributed by atoms with E-state index in [4.69, 9.17) is 0 Å². The molecule has 0 spiro atoms. The molecule has 0 aromatic heterocycles. The first-order chi connectivity index (χ1) is 10.6. The summed E-state index contributed by atoms with van der Waals surface area (Å²) in [5.41, 5.74) is 0.168. The van der Waals surface area contributed by atoms with Crippen molar-refractivity contribution >= 4 is 5.78 Å². The van der Waals surface area contributed by atoms with Crippen LogP contribution in [0.15, 0.2) is 0 Å². The molecule has 0 unspecified atom stereocenters.